The molecule has 1 aliphatic heterocycles. The van der Waals surface area contributed by atoms with Gasteiger partial charge >= 0.3 is 0 Å². The molecule has 112 valence electrons. The fourth-order valence-corrected chi connectivity index (χ4v) is 2.92. The summed E-state index contributed by atoms with van der Waals surface area (Å²) in [4.78, 5) is 2.35. The Morgan fingerprint density at radius 2 is 2.30 bits per heavy atom. The number of nitrogens with zero attached hydrogens (tertiary/aromatic N) is 1. The number of hydrogen-bond donors (Lipinski definition) is 2. The van der Waals surface area contributed by atoms with Crippen molar-refractivity contribution in [2.75, 3.05) is 38.8 Å². The summed E-state index contributed by atoms with van der Waals surface area (Å²) >= 11 is 0. The van der Waals surface area contributed by atoms with Gasteiger partial charge in [0.05, 0.1) is 6.61 Å². The zero-order valence-electron chi connectivity index (χ0n) is 12.7. The predicted octanol–water partition coefficient (Wildman–Crippen LogP) is 2.54. The van der Waals surface area contributed by atoms with Gasteiger partial charge in [-0.2, -0.15) is 0 Å². The SMILES string of the molecule is CNC(C)c1ccc(N2CCCC(COC)C2)cc1O. The summed E-state index contributed by atoms with van der Waals surface area (Å²) in [5, 5.41) is 13.4. The number of anilines is 1. The standard InChI is InChI=1S/C16H26N2O2/c1-12(17-2)15-7-6-14(9-16(15)19)18-8-4-5-13(10-18)11-20-3/h6-7,9,12-13,17,19H,4-5,8,10-11H2,1-3H3. The first-order valence-electron chi connectivity index (χ1n) is 7.39. The van der Waals surface area contributed by atoms with Crippen molar-refractivity contribution in [1.82, 2.24) is 5.32 Å². The number of hydrogen-bond acceptors (Lipinski definition) is 4. The molecule has 1 fully saturated rings. The van der Waals surface area contributed by atoms with E-state index < -0.39 is 0 Å². The molecule has 0 radical (unpaired) electrons. The van der Waals surface area contributed by atoms with Gasteiger partial charge in [0.1, 0.15) is 5.75 Å². The molecule has 0 saturated carbocycles. The summed E-state index contributed by atoms with van der Waals surface area (Å²) in [6.07, 6.45) is 2.41. The molecule has 2 rings (SSSR count). The van der Waals surface area contributed by atoms with Gasteiger partial charge < -0.3 is 20.1 Å². The Kier molecular flexibility index (Phi) is 5.26. The molecule has 0 aliphatic carbocycles. The number of rotatable bonds is 5. The minimum Gasteiger partial charge on any atom is -0.508 e. The Morgan fingerprint density at radius 1 is 1.50 bits per heavy atom. The minimum atomic E-state index is 0.159. The maximum absolute atomic E-state index is 10.2. The molecule has 1 aromatic carbocycles. The smallest absolute Gasteiger partial charge is 0.122 e. The predicted molar refractivity (Wildman–Crippen MR) is 82.4 cm³/mol. The maximum atomic E-state index is 10.2. The molecule has 0 aromatic heterocycles. The highest BCUT2D eigenvalue weighted by Crippen LogP contribution is 2.31. The average Bonchev–Trinajstić information content (AvgIpc) is 2.47. The highest BCUT2D eigenvalue weighted by Gasteiger charge is 2.21. The van der Waals surface area contributed by atoms with Crippen LogP contribution in [-0.2, 0) is 4.74 Å². The van der Waals surface area contributed by atoms with Crippen LogP contribution in [0.15, 0.2) is 18.2 Å². The van der Waals surface area contributed by atoms with E-state index in [1.54, 1.807) is 7.11 Å². The van der Waals surface area contributed by atoms with Gasteiger partial charge in [0.25, 0.3) is 0 Å². The van der Waals surface area contributed by atoms with E-state index in [1.165, 1.54) is 12.8 Å². The van der Waals surface area contributed by atoms with Crippen molar-refractivity contribution in [2.24, 2.45) is 5.92 Å². The zero-order chi connectivity index (χ0) is 14.5. The van der Waals surface area contributed by atoms with Gasteiger partial charge in [-0.3, -0.25) is 0 Å². The van der Waals surface area contributed by atoms with Gasteiger partial charge in [-0.25, -0.2) is 0 Å². The lowest BCUT2D eigenvalue weighted by molar-refractivity contribution is 0.143. The second-order valence-corrected chi connectivity index (χ2v) is 5.66. The summed E-state index contributed by atoms with van der Waals surface area (Å²) in [6, 6.07) is 6.18. The summed E-state index contributed by atoms with van der Waals surface area (Å²) in [7, 11) is 3.66. The van der Waals surface area contributed by atoms with Crippen LogP contribution in [0.4, 0.5) is 5.69 Å². The first-order chi connectivity index (χ1) is 9.65. The molecule has 1 saturated heterocycles. The Labute approximate surface area is 121 Å². The lowest BCUT2D eigenvalue weighted by Crippen LogP contribution is -2.37. The van der Waals surface area contributed by atoms with Crippen LogP contribution >= 0.6 is 0 Å². The van der Waals surface area contributed by atoms with E-state index in [9.17, 15) is 5.11 Å². The molecule has 1 aliphatic rings. The monoisotopic (exact) mass is 278 g/mol. The molecule has 2 unspecified atom stereocenters. The second kappa shape index (κ2) is 6.95. The first-order valence-corrected chi connectivity index (χ1v) is 7.39. The molecule has 4 heteroatoms. The Balaban J connectivity index is 2.10. The molecule has 1 heterocycles. The summed E-state index contributed by atoms with van der Waals surface area (Å²) < 4.78 is 5.27. The lowest BCUT2D eigenvalue weighted by atomic mass is 9.98. The number of phenolic OH excluding ortho intramolecular Hbond substituents is 1. The highest BCUT2D eigenvalue weighted by molar-refractivity contribution is 5.54. The fourth-order valence-electron chi connectivity index (χ4n) is 2.92. The number of ether oxygens (including phenoxy) is 1. The molecule has 0 amide bonds. The number of methoxy groups -OCH3 is 1. The number of nitrogens with one attached hydrogen (secondary N) is 1. The Hall–Kier alpha value is -1.26. The van der Waals surface area contributed by atoms with Crippen LogP contribution in [0.3, 0.4) is 0 Å². The summed E-state index contributed by atoms with van der Waals surface area (Å²) in [5.74, 6) is 0.963. The van der Waals surface area contributed by atoms with Crippen LogP contribution in [0.1, 0.15) is 31.4 Å². The normalized spacial score (nSPS) is 20.9. The summed E-state index contributed by atoms with van der Waals surface area (Å²) in [5.41, 5.74) is 2.05. The van der Waals surface area contributed by atoms with Crippen LogP contribution in [-0.4, -0.2) is 39.0 Å². The molecular formula is C16H26N2O2. The number of aromatic hydroxyl groups is 1. The van der Waals surface area contributed by atoms with Crippen molar-refractivity contribution in [3.8, 4) is 5.75 Å². The van der Waals surface area contributed by atoms with E-state index in [4.69, 9.17) is 4.74 Å². The third kappa shape index (κ3) is 3.44. The van der Waals surface area contributed by atoms with Crippen molar-refractivity contribution in [2.45, 2.75) is 25.8 Å². The maximum Gasteiger partial charge on any atom is 0.122 e. The third-order valence-electron chi connectivity index (χ3n) is 4.20. The largest absolute Gasteiger partial charge is 0.508 e. The van der Waals surface area contributed by atoms with Gasteiger partial charge in [-0.1, -0.05) is 6.07 Å². The van der Waals surface area contributed by atoms with Crippen molar-refractivity contribution in [1.29, 1.82) is 0 Å². The molecule has 0 bridgehead atoms. The summed E-state index contributed by atoms with van der Waals surface area (Å²) in [6.45, 7) is 4.93. The molecule has 2 atom stereocenters. The molecule has 2 N–H and O–H groups in total. The lowest BCUT2D eigenvalue weighted by Gasteiger charge is -2.34. The molecule has 4 nitrogen and oxygen atoms in total. The first kappa shape index (κ1) is 15.1. The van der Waals surface area contributed by atoms with E-state index >= 15 is 0 Å². The van der Waals surface area contributed by atoms with Gasteiger partial charge in [0, 0.05) is 43.6 Å². The fraction of sp³-hybridized carbons (Fsp3) is 0.625. The van der Waals surface area contributed by atoms with Crippen LogP contribution in [0.2, 0.25) is 0 Å². The zero-order valence-corrected chi connectivity index (χ0v) is 12.7. The number of phenols is 1. The van der Waals surface area contributed by atoms with E-state index in [0.717, 1.165) is 30.9 Å². The van der Waals surface area contributed by atoms with Crippen molar-refractivity contribution in [3.05, 3.63) is 23.8 Å². The van der Waals surface area contributed by atoms with Crippen LogP contribution < -0.4 is 10.2 Å². The van der Waals surface area contributed by atoms with Gasteiger partial charge in [-0.15, -0.1) is 0 Å². The minimum absolute atomic E-state index is 0.159. The molecule has 1 aromatic rings. The molecular weight excluding hydrogens is 252 g/mol. The average molecular weight is 278 g/mol. The molecule has 0 spiro atoms. The van der Waals surface area contributed by atoms with Gasteiger partial charge in [0.15, 0.2) is 0 Å². The Morgan fingerprint density at radius 3 is 2.95 bits per heavy atom. The van der Waals surface area contributed by atoms with Gasteiger partial charge in [0.2, 0.25) is 0 Å². The quantitative estimate of drug-likeness (QED) is 0.869. The Bertz CT molecular complexity index is 434. The van der Waals surface area contributed by atoms with Crippen molar-refractivity contribution in [3.63, 3.8) is 0 Å². The molecule has 20 heavy (non-hydrogen) atoms. The van der Waals surface area contributed by atoms with Crippen molar-refractivity contribution >= 4 is 5.69 Å². The topological polar surface area (TPSA) is 44.7 Å². The van der Waals surface area contributed by atoms with Gasteiger partial charge in [-0.05, 0) is 38.8 Å². The van der Waals surface area contributed by atoms with E-state index in [2.05, 4.69) is 16.3 Å². The van der Waals surface area contributed by atoms with E-state index in [0.29, 0.717) is 11.7 Å². The van der Waals surface area contributed by atoms with Crippen LogP contribution in [0.5, 0.6) is 5.75 Å². The van der Waals surface area contributed by atoms with Crippen molar-refractivity contribution < 1.29 is 9.84 Å². The highest BCUT2D eigenvalue weighted by atomic mass is 16.5. The number of benzene rings is 1. The third-order valence-corrected chi connectivity index (χ3v) is 4.20. The second-order valence-electron chi connectivity index (χ2n) is 5.66. The van der Waals surface area contributed by atoms with E-state index in [1.807, 2.05) is 26.1 Å². The van der Waals surface area contributed by atoms with Crippen LogP contribution in [0, 0.1) is 5.92 Å². The number of piperidine rings is 1. The van der Waals surface area contributed by atoms with Crippen LogP contribution in [0.25, 0.3) is 0 Å². The van der Waals surface area contributed by atoms with E-state index in [-0.39, 0.29) is 6.04 Å².